The lowest BCUT2D eigenvalue weighted by atomic mass is 9.96. The number of aryl methyl sites for hydroxylation is 1. The molecule has 0 saturated carbocycles. The third-order valence-corrected chi connectivity index (χ3v) is 5.50. The van der Waals surface area contributed by atoms with Gasteiger partial charge in [-0.15, -0.1) is 13.2 Å². The molecule has 0 saturated heterocycles. The Bertz CT molecular complexity index is 1230. The maximum atomic E-state index is 14.1. The Morgan fingerprint density at radius 2 is 1.61 bits per heavy atom. The molecule has 0 bridgehead atoms. The van der Waals surface area contributed by atoms with E-state index in [0.717, 1.165) is 36.5 Å². The summed E-state index contributed by atoms with van der Waals surface area (Å²) in [6.45, 7) is 0. The minimum atomic E-state index is -5.17. The van der Waals surface area contributed by atoms with Gasteiger partial charge in [0.25, 0.3) is 0 Å². The van der Waals surface area contributed by atoms with Gasteiger partial charge in [0.05, 0.1) is 0 Å². The van der Waals surface area contributed by atoms with Gasteiger partial charge in [-0.05, 0) is 59.9 Å². The summed E-state index contributed by atoms with van der Waals surface area (Å²) < 4.78 is 108. The smallest absolute Gasteiger partial charge is 0.403 e. The van der Waals surface area contributed by atoms with Crippen LogP contribution in [0.3, 0.4) is 0 Å². The van der Waals surface area contributed by atoms with Crippen molar-refractivity contribution in [2.24, 2.45) is 0 Å². The number of halogens is 8. The molecule has 2 N–H and O–H groups in total. The van der Waals surface area contributed by atoms with Crippen molar-refractivity contribution in [3.8, 4) is 5.75 Å². The van der Waals surface area contributed by atoms with Crippen LogP contribution in [-0.2, 0) is 17.4 Å². The number of pyridine rings is 1. The topological polar surface area (TPSA) is 63.2 Å². The molecule has 3 rings (SSSR count). The molecule has 0 radical (unpaired) electrons. The fraction of sp³-hybridized carbons (Fsp3) is 0.280. The van der Waals surface area contributed by atoms with E-state index >= 15 is 0 Å². The summed E-state index contributed by atoms with van der Waals surface area (Å²) in [7, 11) is 1.34. The second kappa shape index (κ2) is 11.8. The first kappa shape index (κ1) is 28.8. The van der Waals surface area contributed by atoms with Gasteiger partial charge in [-0.25, -0.2) is 8.78 Å². The van der Waals surface area contributed by atoms with Gasteiger partial charge in [-0.3, -0.25) is 15.1 Å². The van der Waals surface area contributed by atoms with Crippen LogP contribution < -0.4 is 15.4 Å². The van der Waals surface area contributed by atoms with Crippen LogP contribution in [0.5, 0.6) is 5.75 Å². The number of rotatable bonds is 9. The van der Waals surface area contributed by atoms with Crippen molar-refractivity contribution in [3.63, 3.8) is 0 Å². The van der Waals surface area contributed by atoms with Gasteiger partial charge in [0, 0.05) is 19.3 Å². The van der Waals surface area contributed by atoms with E-state index in [1.807, 2.05) is 0 Å². The van der Waals surface area contributed by atoms with Gasteiger partial charge in [0.15, 0.2) is 11.6 Å². The monoisotopic (exact) mass is 547 g/mol. The average Bonchev–Trinajstić information content (AvgIpc) is 2.85. The van der Waals surface area contributed by atoms with Gasteiger partial charge in [0.2, 0.25) is 5.91 Å². The summed E-state index contributed by atoms with van der Waals surface area (Å²) in [6.07, 6.45) is -8.67. The van der Waals surface area contributed by atoms with Crippen molar-refractivity contribution in [2.45, 2.75) is 37.5 Å². The molecule has 1 unspecified atom stereocenters. The molecule has 1 amide bonds. The van der Waals surface area contributed by atoms with E-state index in [2.05, 4.69) is 20.4 Å². The lowest BCUT2D eigenvalue weighted by Crippen LogP contribution is -2.38. The number of carbonyl (C=O) groups is 1. The SMILES string of the molecule is CNC(=O)C(N[C@H](CCc1ccc(C(F)(F)F)nc1)c1ccc(F)c(OC(F)(F)F)c1)c1ccc(F)cc1. The van der Waals surface area contributed by atoms with Crippen molar-refractivity contribution in [3.05, 3.63) is 94.8 Å². The third kappa shape index (κ3) is 7.88. The molecule has 0 spiro atoms. The lowest BCUT2D eigenvalue weighted by Gasteiger charge is -2.26. The number of ether oxygens (including phenoxy) is 1. The number of benzene rings is 2. The standard InChI is InChI=1S/C25H21F8N3O2/c1-34-23(37)22(15-4-7-17(26)8-5-15)36-19(10-2-14-3-11-21(35-13-14)24(28,29)30)16-6-9-18(27)20(12-16)38-25(31,32)33/h3-9,11-13,19,22,36H,2,10H2,1H3,(H,34,37)/t19-,22?/m1/s1. The molecule has 2 atom stereocenters. The number of aromatic nitrogens is 1. The molecule has 38 heavy (non-hydrogen) atoms. The lowest BCUT2D eigenvalue weighted by molar-refractivity contribution is -0.275. The first-order valence-electron chi connectivity index (χ1n) is 11.1. The summed E-state index contributed by atoms with van der Waals surface area (Å²) in [5.41, 5.74) is -0.307. The van der Waals surface area contributed by atoms with E-state index in [4.69, 9.17) is 0 Å². The van der Waals surface area contributed by atoms with Crippen LogP contribution in [0, 0.1) is 11.6 Å². The maximum absolute atomic E-state index is 14.1. The van der Waals surface area contributed by atoms with E-state index in [0.29, 0.717) is 11.1 Å². The maximum Gasteiger partial charge on any atom is 0.573 e. The molecule has 0 aliphatic rings. The molecule has 204 valence electrons. The van der Waals surface area contributed by atoms with Crippen molar-refractivity contribution in [1.29, 1.82) is 0 Å². The molecular formula is C25H21F8N3O2. The number of amides is 1. The molecule has 5 nitrogen and oxygen atoms in total. The van der Waals surface area contributed by atoms with Crippen LogP contribution in [0.25, 0.3) is 0 Å². The van der Waals surface area contributed by atoms with Crippen LogP contribution in [0.4, 0.5) is 35.1 Å². The second-order valence-electron chi connectivity index (χ2n) is 8.14. The summed E-state index contributed by atoms with van der Waals surface area (Å²) >= 11 is 0. The van der Waals surface area contributed by atoms with Gasteiger partial charge in [0.1, 0.15) is 17.6 Å². The number of nitrogens with one attached hydrogen (secondary N) is 2. The highest BCUT2D eigenvalue weighted by molar-refractivity contribution is 5.83. The number of carbonyl (C=O) groups excluding carboxylic acids is 1. The number of likely N-dealkylation sites (N-methyl/N-ethyl adjacent to an activating group) is 1. The van der Waals surface area contributed by atoms with E-state index in [1.54, 1.807) is 0 Å². The van der Waals surface area contributed by atoms with Crippen molar-refractivity contribution in [1.82, 2.24) is 15.6 Å². The minimum absolute atomic E-state index is 0.0405. The second-order valence-corrected chi connectivity index (χ2v) is 8.14. The van der Waals surface area contributed by atoms with Gasteiger partial charge >= 0.3 is 12.5 Å². The minimum Gasteiger partial charge on any atom is -0.403 e. The highest BCUT2D eigenvalue weighted by Crippen LogP contribution is 2.32. The van der Waals surface area contributed by atoms with Crippen molar-refractivity contribution < 1.29 is 44.7 Å². The molecule has 2 aromatic carbocycles. The van der Waals surface area contributed by atoms with Crippen LogP contribution in [0.2, 0.25) is 0 Å². The van der Waals surface area contributed by atoms with E-state index in [1.165, 1.54) is 31.3 Å². The summed E-state index contributed by atoms with van der Waals surface area (Å²) in [5, 5.41) is 5.41. The highest BCUT2D eigenvalue weighted by atomic mass is 19.4. The van der Waals surface area contributed by atoms with Crippen LogP contribution in [0.15, 0.2) is 60.8 Å². The number of nitrogens with zero attached hydrogens (tertiary/aromatic N) is 1. The zero-order valence-corrected chi connectivity index (χ0v) is 19.6. The fourth-order valence-electron chi connectivity index (χ4n) is 3.66. The molecule has 13 heteroatoms. The Morgan fingerprint density at radius 1 is 0.947 bits per heavy atom. The Hall–Kier alpha value is -3.74. The Labute approximate surface area is 211 Å². The van der Waals surface area contributed by atoms with Crippen molar-refractivity contribution in [2.75, 3.05) is 7.05 Å². The molecule has 1 aromatic heterocycles. The van der Waals surface area contributed by atoms with E-state index in [-0.39, 0.29) is 18.4 Å². The molecule has 0 aliphatic heterocycles. The summed E-state index contributed by atoms with van der Waals surface area (Å²) in [4.78, 5) is 16.0. The molecule has 1 heterocycles. The van der Waals surface area contributed by atoms with Gasteiger partial charge < -0.3 is 10.1 Å². The highest BCUT2D eigenvalue weighted by Gasteiger charge is 2.34. The zero-order valence-electron chi connectivity index (χ0n) is 19.6. The number of hydrogen-bond donors (Lipinski definition) is 2. The van der Waals surface area contributed by atoms with E-state index in [9.17, 15) is 39.9 Å². The van der Waals surface area contributed by atoms with Crippen molar-refractivity contribution >= 4 is 5.91 Å². The quantitative estimate of drug-likeness (QED) is 0.322. The van der Waals surface area contributed by atoms with E-state index < -0.39 is 53.6 Å². The average molecular weight is 547 g/mol. The number of alkyl halides is 6. The normalized spacial score (nSPS) is 13.6. The fourth-order valence-corrected chi connectivity index (χ4v) is 3.66. The summed E-state index contributed by atoms with van der Waals surface area (Å²) in [6, 6.07) is 7.61. The molecule has 0 aliphatic carbocycles. The first-order valence-corrected chi connectivity index (χ1v) is 11.1. The Balaban J connectivity index is 1.95. The summed E-state index contributed by atoms with van der Waals surface area (Å²) in [5.74, 6) is -3.51. The molecule has 3 aromatic rings. The Morgan fingerprint density at radius 3 is 2.16 bits per heavy atom. The van der Waals surface area contributed by atoms with Crippen LogP contribution in [-0.4, -0.2) is 24.3 Å². The third-order valence-electron chi connectivity index (χ3n) is 5.50. The largest absolute Gasteiger partial charge is 0.573 e. The number of hydrogen-bond acceptors (Lipinski definition) is 4. The predicted molar refractivity (Wildman–Crippen MR) is 120 cm³/mol. The molecule has 0 fully saturated rings. The van der Waals surface area contributed by atoms with Gasteiger partial charge in [-0.2, -0.15) is 13.2 Å². The van der Waals surface area contributed by atoms with Crippen LogP contribution in [0.1, 0.15) is 40.9 Å². The zero-order chi connectivity index (χ0) is 28.1. The molecular weight excluding hydrogens is 526 g/mol. The first-order chi connectivity index (χ1) is 17.8. The van der Waals surface area contributed by atoms with Gasteiger partial charge in [-0.1, -0.05) is 24.3 Å². The Kier molecular flexibility index (Phi) is 8.92. The predicted octanol–water partition coefficient (Wildman–Crippen LogP) is 6.03. The van der Waals surface area contributed by atoms with Crippen LogP contribution >= 0.6 is 0 Å².